The highest BCUT2D eigenvalue weighted by atomic mass is 35.5. The number of benzene rings is 2. The predicted molar refractivity (Wildman–Crippen MR) is 68.9 cm³/mol. The second kappa shape index (κ2) is 5.96. The molecule has 0 aliphatic rings. The second-order valence-corrected chi connectivity index (χ2v) is 4.44. The van der Waals surface area contributed by atoms with E-state index in [9.17, 15) is 18.0 Å². The Morgan fingerprint density at radius 1 is 1.10 bits per heavy atom. The van der Waals surface area contributed by atoms with Gasteiger partial charge < -0.3 is 5.32 Å². The molecule has 2 aromatic carbocycles. The quantitative estimate of drug-likeness (QED) is 0.861. The van der Waals surface area contributed by atoms with Crippen LogP contribution in [0.4, 0.5) is 13.2 Å². The van der Waals surface area contributed by atoms with Crippen molar-refractivity contribution in [1.82, 2.24) is 5.32 Å². The van der Waals surface area contributed by atoms with Gasteiger partial charge in [0.1, 0.15) is 0 Å². The lowest BCUT2D eigenvalue weighted by Gasteiger charge is -2.07. The van der Waals surface area contributed by atoms with E-state index in [0.717, 1.165) is 0 Å². The van der Waals surface area contributed by atoms with Gasteiger partial charge in [-0.2, -0.15) is 0 Å². The molecule has 0 spiro atoms. The molecular formula is C14H9ClF3NO. The fourth-order valence-electron chi connectivity index (χ4n) is 1.61. The van der Waals surface area contributed by atoms with Crippen LogP contribution in [-0.4, -0.2) is 5.91 Å². The number of amides is 1. The van der Waals surface area contributed by atoms with E-state index in [4.69, 9.17) is 11.6 Å². The van der Waals surface area contributed by atoms with Crippen LogP contribution in [0.2, 0.25) is 5.02 Å². The lowest BCUT2D eigenvalue weighted by atomic mass is 10.1. The topological polar surface area (TPSA) is 29.1 Å². The van der Waals surface area contributed by atoms with Crippen LogP contribution in [0, 0.1) is 17.5 Å². The summed E-state index contributed by atoms with van der Waals surface area (Å²) in [5.41, 5.74) is 0.360. The van der Waals surface area contributed by atoms with Gasteiger partial charge in [0.2, 0.25) is 0 Å². The molecule has 0 radical (unpaired) electrons. The molecule has 0 heterocycles. The maximum absolute atomic E-state index is 13.0. The number of rotatable bonds is 3. The number of hydrogen-bond donors (Lipinski definition) is 1. The molecule has 0 unspecified atom stereocenters. The number of nitrogens with one attached hydrogen (secondary N) is 1. The minimum absolute atomic E-state index is 0.0964. The first-order valence-electron chi connectivity index (χ1n) is 5.65. The Morgan fingerprint density at radius 2 is 1.70 bits per heavy atom. The van der Waals surface area contributed by atoms with E-state index in [-0.39, 0.29) is 12.1 Å². The molecule has 0 saturated carbocycles. The van der Waals surface area contributed by atoms with Gasteiger partial charge in [-0.3, -0.25) is 4.79 Å². The highest BCUT2D eigenvalue weighted by Crippen LogP contribution is 2.16. The van der Waals surface area contributed by atoms with Crippen molar-refractivity contribution in [3.63, 3.8) is 0 Å². The molecule has 2 rings (SSSR count). The first-order valence-corrected chi connectivity index (χ1v) is 6.03. The molecule has 6 heteroatoms. The summed E-state index contributed by atoms with van der Waals surface area (Å²) in [6.07, 6.45) is 0. The summed E-state index contributed by atoms with van der Waals surface area (Å²) < 4.78 is 38.8. The molecule has 104 valence electrons. The van der Waals surface area contributed by atoms with Gasteiger partial charge in [0, 0.05) is 17.1 Å². The minimum atomic E-state index is -1.60. The molecular weight excluding hydrogens is 291 g/mol. The zero-order valence-electron chi connectivity index (χ0n) is 10.1. The normalized spacial score (nSPS) is 10.4. The largest absolute Gasteiger partial charge is 0.348 e. The summed E-state index contributed by atoms with van der Waals surface area (Å²) in [4.78, 5) is 11.7. The third-order valence-corrected chi connectivity index (χ3v) is 3.01. The maximum atomic E-state index is 13.0. The molecule has 2 nitrogen and oxygen atoms in total. The van der Waals surface area contributed by atoms with E-state index >= 15 is 0 Å². The monoisotopic (exact) mass is 299 g/mol. The van der Waals surface area contributed by atoms with Crippen molar-refractivity contribution < 1.29 is 18.0 Å². The standard InChI is InChI=1S/C14H9ClF3NO/c15-10-4-2-1-3-8(10)7-19-14(20)9-5-11(16)13(18)12(17)6-9/h1-6H,7H2,(H,19,20). The predicted octanol–water partition coefficient (Wildman–Crippen LogP) is 3.69. The van der Waals surface area contributed by atoms with Crippen LogP contribution in [-0.2, 0) is 6.54 Å². The second-order valence-electron chi connectivity index (χ2n) is 4.03. The minimum Gasteiger partial charge on any atom is -0.348 e. The third-order valence-electron chi connectivity index (χ3n) is 2.64. The summed E-state index contributed by atoms with van der Waals surface area (Å²) in [5.74, 6) is -5.14. The van der Waals surface area contributed by atoms with Gasteiger partial charge in [-0.05, 0) is 23.8 Å². The molecule has 0 aliphatic carbocycles. The molecule has 0 fully saturated rings. The summed E-state index contributed by atoms with van der Waals surface area (Å²) in [5, 5.41) is 2.91. The van der Waals surface area contributed by atoms with E-state index in [0.29, 0.717) is 22.7 Å². The Bertz CT molecular complexity index is 638. The Kier molecular flexibility index (Phi) is 4.29. The third kappa shape index (κ3) is 3.11. The van der Waals surface area contributed by atoms with Gasteiger partial charge in [0.25, 0.3) is 5.91 Å². The van der Waals surface area contributed by atoms with Crippen LogP contribution in [0.1, 0.15) is 15.9 Å². The molecule has 0 aliphatic heterocycles. The zero-order valence-corrected chi connectivity index (χ0v) is 10.8. The van der Waals surface area contributed by atoms with Crippen LogP contribution in [0.15, 0.2) is 36.4 Å². The fourth-order valence-corrected chi connectivity index (χ4v) is 1.81. The summed E-state index contributed by atoms with van der Waals surface area (Å²) >= 11 is 5.90. The Morgan fingerprint density at radius 3 is 2.30 bits per heavy atom. The van der Waals surface area contributed by atoms with E-state index < -0.39 is 23.4 Å². The van der Waals surface area contributed by atoms with Crippen molar-refractivity contribution in [2.45, 2.75) is 6.54 Å². The highest BCUT2D eigenvalue weighted by molar-refractivity contribution is 6.31. The zero-order chi connectivity index (χ0) is 14.7. The van der Waals surface area contributed by atoms with Crippen LogP contribution < -0.4 is 5.32 Å². The van der Waals surface area contributed by atoms with E-state index in [2.05, 4.69) is 5.32 Å². The van der Waals surface area contributed by atoms with E-state index in [1.165, 1.54) is 0 Å². The molecule has 0 bridgehead atoms. The number of carbonyl (C=O) groups excluding carboxylic acids is 1. The van der Waals surface area contributed by atoms with Gasteiger partial charge in [0.05, 0.1) is 0 Å². The van der Waals surface area contributed by atoms with Crippen molar-refractivity contribution in [3.05, 3.63) is 70.0 Å². The van der Waals surface area contributed by atoms with E-state index in [1.54, 1.807) is 24.3 Å². The number of hydrogen-bond acceptors (Lipinski definition) is 1. The summed E-state index contributed by atoms with van der Waals surface area (Å²) in [6, 6.07) is 8.11. The molecule has 0 atom stereocenters. The van der Waals surface area contributed by atoms with E-state index in [1.807, 2.05) is 0 Å². The van der Waals surface area contributed by atoms with Crippen LogP contribution in [0.3, 0.4) is 0 Å². The SMILES string of the molecule is O=C(NCc1ccccc1Cl)c1cc(F)c(F)c(F)c1. The lowest BCUT2D eigenvalue weighted by Crippen LogP contribution is -2.23. The number of carbonyl (C=O) groups is 1. The summed E-state index contributed by atoms with van der Waals surface area (Å²) in [6.45, 7) is 0.0964. The molecule has 0 aromatic heterocycles. The van der Waals surface area contributed by atoms with Gasteiger partial charge in [0.15, 0.2) is 17.5 Å². The smallest absolute Gasteiger partial charge is 0.251 e. The highest BCUT2D eigenvalue weighted by Gasteiger charge is 2.15. The van der Waals surface area contributed by atoms with Crippen molar-refractivity contribution in [1.29, 1.82) is 0 Å². The van der Waals surface area contributed by atoms with Gasteiger partial charge in [-0.15, -0.1) is 0 Å². The van der Waals surface area contributed by atoms with Crippen molar-refractivity contribution >= 4 is 17.5 Å². The maximum Gasteiger partial charge on any atom is 0.251 e. The average molecular weight is 300 g/mol. The van der Waals surface area contributed by atoms with Crippen LogP contribution in [0.5, 0.6) is 0 Å². The van der Waals surface area contributed by atoms with Crippen molar-refractivity contribution in [3.8, 4) is 0 Å². The van der Waals surface area contributed by atoms with Gasteiger partial charge in [-0.1, -0.05) is 29.8 Å². The van der Waals surface area contributed by atoms with Gasteiger partial charge >= 0.3 is 0 Å². The van der Waals surface area contributed by atoms with Crippen LogP contribution in [0.25, 0.3) is 0 Å². The molecule has 1 amide bonds. The molecule has 1 N–H and O–H groups in total. The Balaban J connectivity index is 2.11. The lowest BCUT2D eigenvalue weighted by molar-refractivity contribution is 0.0949. The average Bonchev–Trinajstić information content (AvgIpc) is 2.43. The van der Waals surface area contributed by atoms with Crippen LogP contribution >= 0.6 is 11.6 Å². The first-order chi connectivity index (χ1) is 9.49. The molecule has 0 saturated heterocycles. The van der Waals surface area contributed by atoms with Gasteiger partial charge in [-0.25, -0.2) is 13.2 Å². The number of halogens is 4. The Labute approximate surface area is 118 Å². The summed E-state index contributed by atoms with van der Waals surface area (Å²) in [7, 11) is 0. The molecule has 2 aromatic rings. The van der Waals surface area contributed by atoms with Crippen molar-refractivity contribution in [2.75, 3.05) is 0 Å². The first kappa shape index (κ1) is 14.4. The Hall–Kier alpha value is -2.01. The molecule has 20 heavy (non-hydrogen) atoms. The van der Waals surface area contributed by atoms with Crippen molar-refractivity contribution in [2.24, 2.45) is 0 Å². The fraction of sp³-hybridized carbons (Fsp3) is 0.0714.